The van der Waals surface area contributed by atoms with E-state index in [9.17, 15) is 14.0 Å². The summed E-state index contributed by atoms with van der Waals surface area (Å²) in [6, 6.07) is 9.69. The van der Waals surface area contributed by atoms with Gasteiger partial charge in [-0.1, -0.05) is 12.1 Å². The molecule has 0 radical (unpaired) electrons. The SMILES string of the molecule is CC(=O)NC1=NC(=O)/C(=C\c2cc(Br)c(OCc3ccc(F)cc3)c(Br)c2)S1. The molecule has 2 aromatic rings. The minimum Gasteiger partial charge on any atom is -0.487 e. The molecule has 0 saturated heterocycles. The predicted octanol–water partition coefficient (Wildman–Crippen LogP) is 5.04. The summed E-state index contributed by atoms with van der Waals surface area (Å²) in [5, 5.41) is 2.77. The molecule has 1 N–H and O–H groups in total. The second kappa shape index (κ2) is 9.02. The molecule has 144 valence electrons. The summed E-state index contributed by atoms with van der Waals surface area (Å²) in [6.07, 6.45) is 1.69. The van der Waals surface area contributed by atoms with Crippen molar-refractivity contribution in [2.24, 2.45) is 4.99 Å². The lowest BCUT2D eigenvalue weighted by Crippen LogP contribution is -2.23. The van der Waals surface area contributed by atoms with Gasteiger partial charge < -0.3 is 10.1 Å². The molecule has 0 atom stereocenters. The molecule has 28 heavy (non-hydrogen) atoms. The average Bonchev–Trinajstić information content (AvgIpc) is 2.94. The third-order valence-corrected chi connectivity index (χ3v) is 5.60. The fourth-order valence-corrected chi connectivity index (χ4v) is 4.61. The minimum atomic E-state index is -0.405. The van der Waals surface area contributed by atoms with Crippen LogP contribution >= 0.6 is 43.6 Å². The van der Waals surface area contributed by atoms with Crippen molar-refractivity contribution in [2.45, 2.75) is 13.5 Å². The number of nitrogens with one attached hydrogen (secondary N) is 1. The van der Waals surface area contributed by atoms with Crippen LogP contribution in [0.4, 0.5) is 4.39 Å². The zero-order chi connectivity index (χ0) is 20.3. The molecule has 1 aliphatic rings. The predicted molar refractivity (Wildman–Crippen MR) is 114 cm³/mol. The fourth-order valence-electron chi connectivity index (χ4n) is 2.30. The molecule has 0 aromatic heterocycles. The second-order valence-electron chi connectivity index (χ2n) is 5.74. The summed E-state index contributed by atoms with van der Waals surface area (Å²) in [7, 11) is 0. The molecule has 0 aliphatic carbocycles. The van der Waals surface area contributed by atoms with Crippen LogP contribution in [0.5, 0.6) is 5.75 Å². The van der Waals surface area contributed by atoms with Gasteiger partial charge in [0.2, 0.25) is 5.91 Å². The van der Waals surface area contributed by atoms with Gasteiger partial charge in [0.25, 0.3) is 5.91 Å². The van der Waals surface area contributed by atoms with Crippen LogP contribution < -0.4 is 10.1 Å². The highest BCUT2D eigenvalue weighted by molar-refractivity contribution is 9.11. The number of amides is 2. The monoisotopic (exact) mass is 526 g/mol. The first-order chi connectivity index (χ1) is 13.3. The Bertz CT molecular complexity index is 984. The summed E-state index contributed by atoms with van der Waals surface area (Å²) < 4.78 is 20.2. The van der Waals surface area contributed by atoms with Gasteiger partial charge >= 0.3 is 0 Å². The number of ether oxygens (including phenoxy) is 1. The Morgan fingerprint density at radius 1 is 1.25 bits per heavy atom. The molecule has 0 fully saturated rings. The second-order valence-corrected chi connectivity index (χ2v) is 8.48. The van der Waals surface area contributed by atoms with Crippen molar-refractivity contribution in [1.29, 1.82) is 0 Å². The van der Waals surface area contributed by atoms with Crippen molar-refractivity contribution < 1.29 is 18.7 Å². The van der Waals surface area contributed by atoms with E-state index < -0.39 is 5.91 Å². The Kier molecular flexibility index (Phi) is 6.69. The summed E-state index contributed by atoms with van der Waals surface area (Å²) in [5.41, 5.74) is 1.59. The van der Waals surface area contributed by atoms with Crippen molar-refractivity contribution in [1.82, 2.24) is 5.32 Å². The van der Waals surface area contributed by atoms with E-state index in [-0.39, 0.29) is 23.5 Å². The van der Waals surface area contributed by atoms with Gasteiger partial charge in [-0.2, -0.15) is 4.99 Å². The first kappa shape index (κ1) is 20.8. The molecular weight excluding hydrogens is 515 g/mol. The smallest absolute Gasteiger partial charge is 0.286 e. The Hall–Kier alpha value is -1.97. The van der Waals surface area contributed by atoms with E-state index in [1.807, 2.05) is 12.1 Å². The fraction of sp³-hybridized carbons (Fsp3) is 0.105. The van der Waals surface area contributed by atoms with Gasteiger partial charge in [-0.15, -0.1) is 0 Å². The molecule has 1 heterocycles. The van der Waals surface area contributed by atoms with Gasteiger partial charge in [-0.25, -0.2) is 4.39 Å². The Balaban J connectivity index is 1.74. The Morgan fingerprint density at radius 3 is 2.50 bits per heavy atom. The summed E-state index contributed by atoms with van der Waals surface area (Å²) in [6.45, 7) is 1.63. The van der Waals surface area contributed by atoms with Crippen LogP contribution in [0.15, 0.2) is 55.2 Å². The first-order valence-corrected chi connectivity index (χ1v) is 10.4. The number of carbonyl (C=O) groups is 2. The zero-order valence-corrected chi connectivity index (χ0v) is 18.5. The number of nitrogens with zero attached hydrogens (tertiary/aromatic N) is 1. The number of thioether (sulfide) groups is 1. The van der Waals surface area contributed by atoms with E-state index in [1.165, 1.54) is 19.1 Å². The minimum absolute atomic E-state index is 0.265. The number of hydrogen-bond acceptors (Lipinski definition) is 4. The maximum atomic E-state index is 13.0. The zero-order valence-electron chi connectivity index (χ0n) is 14.5. The van der Waals surface area contributed by atoms with Crippen LogP contribution in [-0.2, 0) is 16.2 Å². The van der Waals surface area contributed by atoms with Crippen LogP contribution in [-0.4, -0.2) is 17.0 Å². The highest BCUT2D eigenvalue weighted by Gasteiger charge is 2.22. The molecular formula is C19H13Br2FN2O3S. The van der Waals surface area contributed by atoms with Crippen molar-refractivity contribution in [3.05, 3.63) is 67.2 Å². The molecule has 2 aromatic carbocycles. The van der Waals surface area contributed by atoms with Crippen molar-refractivity contribution in [2.75, 3.05) is 0 Å². The number of aliphatic imine (C=N–C) groups is 1. The van der Waals surface area contributed by atoms with E-state index in [0.717, 1.165) is 22.9 Å². The number of carbonyl (C=O) groups excluding carboxylic acids is 2. The molecule has 2 amide bonds. The molecule has 0 saturated carbocycles. The summed E-state index contributed by atoms with van der Waals surface area (Å²) >= 11 is 8.04. The molecule has 1 aliphatic heterocycles. The van der Waals surface area contributed by atoms with Crippen molar-refractivity contribution in [3.8, 4) is 5.75 Å². The largest absolute Gasteiger partial charge is 0.487 e. The lowest BCUT2D eigenvalue weighted by Gasteiger charge is -2.11. The molecule has 0 bridgehead atoms. The van der Waals surface area contributed by atoms with Gasteiger partial charge in [0.15, 0.2) is 5.17 Å². The Labute approximate surface area is 181 Å². The number of rotatable bonds is 4. The van der Waals surface area contributed by atoms with Gasteiger partial charge in [0.1, 0.15) is 18.2 Å². The quantitative estimate of drug-likeness (QED) is 0.566. The van der Waals surface area contributed by atoms with Gasteiger partial charge in [0, 0.05) is 6.92 Å². The van der Waals surface area contributed by atoms with E-state index >= 15 is 0 Å². The lowest BCUT2D eigenvalue weighted by atomic mass is 10.2. The maximum absolute atomic E-state index is 13.0. The highest BCUT2D eigenvalue weighted by atomic mass is 79.9. The van der Waals surface area contributed by atoms with Crippen LogP contribution in [0, 0.1) is 5.82 Å². The lowest BCUT2D eigenvalue weighted by molar-refractivity contribution is -0.117. The highest BCUT2D eigenvalue weighted by Crippen LogP contribution is 2.37. The van der Waals surface area contributed by atoms with Crippen molar-refractivity contribution in [3.63, 3.8) is 0 Å². The number of halogens is 3. The summed E-state index contributed by atoms with van der Waals surface area (Å²) in [5.74, 6) is -0.397. The van der Waals surface area contributed by atoms with E-state index in [2.05, 4.69) is 42.2 Å². The summed E-state index contributed by atoms with van der Waals surface area (Å²) in [4.78, 5) is 27.3. The van der Waals surface area contributed by atoms with Gasteiger partial charge in [-0.3, -0.25) is 9.59 Å². The van der Waals surface area contributed by atoms with Crippen LogP contribution in [0.25, 0.3) is 6.08 Å². The van der Waals surface area contributed by atoms with E-state index in [0.29, 0.717) is 19.6 Å². The third-order valence-electron chi connectivity index (χ3n) is 3.52. The standard InChI is InChI=1S/C19H13Br2FN2O3S/c1-10(25)23-19-24-18(26)16(28-19)8-12-6-14(20)17(15(21)7-12)27-9-11-2-4-13(22)5-3-11/h2-8H,9H2,1H3,(H,23,24,25,26)/b16-8+. The van der Waals surface area contributed by atoms with Crippen LogP contribution in [0.1, 0.15) is 18.1 Å². The molecule has 3 rings (SSSR count). The maximum Gasteiger partial charge on any atom is 0.286 e. The van der Waals surface area contributed by atoms with E-state index in [1.54, 1.807) is 18.2 Å². The van der Waals surface area contributed by atoms with Crippen LogP contribution in [0.3, 0.4) is 0 Å². The van der Waals surface area contributed by atoms with Gasteiger partial charge in [-0.05, 0) is 85.1 Å². The molecule has 0 unspecified atom stereocenters. The topological polar surface area (TPSA) is 67.8 Å². The normalized spacial score (nSPS) is 14.9. The average molecular weight is 528 g/mol. The first-order valence-electron chi connectivity index (χ1n) is 7.98. The van der Waals surface area contributed by atoms with Crippen LogP contribution in [0.2, 0.25) is 0 Å². The number of benzene rings is 2. The number of hydrogen-bond donors (Lipinski definition) is 1. The van der Waals surface area contributed by atoms with Crippen molar-refractivity contribution >= 4 is 66.7 Å². The third kappa shape index (κ3) is 5.30. The van der Waals surface area contributed by atoms with E-state index in [4.69, 9.17) is 4.74 Å². The number of amidine groups is 1. The molecule has 9 heteroatoms. The molecule has 5 nitrogen and oxygen atoms in total. The Morgan fingerprint density at radius 2 is 1.89 bits per heavy atom. The van der Waals surface area contributed by atoms with Gasteiger partial charge in [0.05, 0.1) is 13.9 Å². The molecule has 0 spiro atoms.